The molecule has 3 nitrogen and oxygen atoms in total. The summed E-state index contributed by atoms with van der Waals surface area (Å²) in [6.07, 6.45) is 3.33. The van der Waals surface area contributed by atoms with E-state index in [9.17, 15) is 4.79 Å². The second-order valence-corrected chi connectivity index (χ2v) is 6.85. The van der Waals surface area contributed by atoms with E-state index in [-0.39, 0.29) is 11.4 Å². The molecule has 0 atom stereocenters. The summed E-state index contributed by atoms with van der Waals surface area (Å²) in [4.78, 5) is 16.7. The lowest BCUT2D eigenvalue weighted by Gasteiger charge is -2.39. The van der Waals surface area contributed by atoms with Crippen molar-refractivity contribution < 1.29 is 4.79 Å². The minimum atomic E-state index is -0.0136. The number of nitrogens with one attached hydrogen (secondary N) is 1. The van der Waals surface area contributed by atoms with Gasteiger partial charge in [0.05, 0.1) is 11.6 Å². The Morgan fingerprint density at radius 2 is 2.10 bits per heavy atom. The highest BCUT2D eigenvalue weighted by molar-refractivity contribution is 7.13. The fraction of sp³-hybridized carbons (Fsp3) is 0.375. The van der Waals surface area contributed by atoms with E-state index in [1.165, 1.54) is 6.42 Å². The molecule has 1 amide bonds. The van der Waals surface area contributed by atoms with Crippen LogP contribution < -0.4 is 5.32 Å². The van der Waals surface area contributed by atoms with Gasteiger partial charge in [0, 0.05) is 22.0 Å². The van der Waals surface area contributed by atoms with Gasteiger partial charge in [0.25, 0.3) is 5.91 Å². The molecule has 2 aromatic rings. The molecule has 1 fully saturated rings. The number of hydrogen-bond acceptors (Lipinski definition) is 3. The zero-order valence-electron chi connectivity index (χ0n) is 11.9. The van der Waals surface area contributed by atoms with Gasteiger partial charge in [-0.25, -0.2) is 4.98 Å². The Kier molecular flexibility index (Phi) is 4.00. The number of benzene rings is 1. The third kappa shape index (κ3) is 3.11. The number of amides is 1. The Hall–Kier alpha value is -1.39. The van der Waals surface area contributed by atoms with Crippen molar-refractivity contribution in [1.29, 1.82) is 0 Å². The largest absolute Gasteiger partial charge is 0.347 e. The minimum Gasteiger partial charge on any atom is -0.347 e. The van der Waals surface area contributed by atoms with Crippen LogP contribution in [0.3, 0.4) is 0 Å². The molecular formula is C16H17ClN2OS. The van der Waals surface area contributed by atoms with Gasteiger partial charge in [-0.1, -0.05) is 12.1 Å². The molecule has 1 N–H and O–H groups in total. The zero-order valence-corrected chi connectivity index (χ0v) is 13.4. The van der Waals surface area contributed by atoms with Gasteiger partial charge >= 0.3 is 0 Å². The van der Waals surface area contributed by atoms with Crippen LogP contribution in [0.5, 0.6) is 0 Å². The maximum absolute atomic E-state index is 12.2. The highest BCUT2D eigenvalue weighted by Crippen LogP contribution is 2.31. The Morgan fingerprint density at radius 1 is 1.38 bits per heavy atom. The number of rotatable bonds is 4. The fourth-order valence-electron chi connectivity index (χ4n) is 2.44. The summed E-state index contributed by atoms with van der Waals surface area (Å²) in [7, 11) is 0. The van der Waals surface area contributed by atoms with E-state index in [2.05, 4.69) is 17.2 Å². The molecule has 1 aliphatic rings. The number of alkyl halides is 1. The van der Waals surface area contributed by atoms with Gasteiger partial charge in [-0.2, -0.15) is 0 Å². The lowest BCUT2D eigenvalue weighted by atomic mass is 9.78. The summed E-state index contributed by atoms with van der Waals surface area (Å²) in [5.41, 5.74) is 2.58. The normalized spacial score (nSPS) is 16.3. The maximum atomic E-state index is 12.2. The molecule has 21 heavy (non-hydrogen) atoms. The van der Waals surface area contributed by atoms with Crippen molar-refractivity contribution in [2.45, 2.75) is 37.6 Å². The van der Waals surface area contributed by atoms with E-state index in [1.807, 2.05) is 29.6 Å². The maximum Gasteiger partial charge on any atom is 0.251 e. The van der Waals surface area contributed by atoms with Crippen LogP contribution in [0.4, 0.5) is 0 Å². The highest BCUT2D eigenvalue weighted by atomic mass is 35.5. The van der Waals surface area contributed by atoms with Crippen molar-refractivity contribution >= 4 is 28.8 Å². The number of aromatic nitrogens is 1. The number of thiazole rings is 1. The molecule has 0 aliphatic heterocycles. The smallest absolute Gasteiger partial charge is 0.251 e. The molecule has 0 unspecified atom stereocenters. The van der Waals surface area contributed by atoms with Crippen LogP contribution in [0.25, 0.3) is 10.6 Å². The van der Waals surface area contributed by atoms with Gasteiger partial charge in [0.1, 0.15) is 5.01 Å². The zero-order chi connectivity index (χ0) is 14.9. The first-order chi connectivity index (χ1) is 10.1. The van der Waals surface area contributed by atoms with Crippen LogP contribution >= 0.6 is 22.9 Å². The molecule has 110 valence electrons. The number of nitrogens with zero attached hydrogens (tertiary/aromatic N) is 1. The fourth-order valence-corrected chi connectivity index (χ4v) is 3.50. The van der Waals surface area contributed by atoms with E-state index in [0.717, 1.165) is 29.1 Å². The summed E-state index contributed by atoms with van der Waals surface area (Å²) in [6, 6.07) is 7.59. The lowest BCUT2D eigenvalue weighted by Crippen LogP contribution is -2.50. The second kappa shape index (κ2) is 5.78. The van der Waals surface area contributed by atoms with Crippen molar-refractivity contribution in [2.24, 2.45) is 0 Å². The molecule has 0 bridgehead atoms. The van der Waals surface area contributed by atoms with Crippen LogP contribution in [-0.4, -0.2) is 16.4 Å². The molecule has 0 radical (unpaired) electrons. The van der Waals surface area contributed by atoms with E-state index in [4.69, 9.17) is 11.6 Å². The predicted octanol–water partition coefficient (Wildman–Crippen LogP) is 4.22. The lowest BCUT2D eigenvalue weighted by molar-refractivity contribution is 0.0850. The SMILES string of the molecule is CC1(NC(=O)c2ccc(-c3nc(CCl)cs3)cc2)CCC1. The second-order valence-electron chi connectivity index (χ2n) is 5.72. The van der Waals surface area contributed by atoms with Gasteiger partial charge in [0.2, 0.25) is 0 Å². The molecule has 0 spiro atoms. The molecular weight excluding hydrogens is 304 g/mol. The predicted molar refractivity (Wildman–Crippen MR) is 86.8 cm³/mol. The molecule has 3 rings (SSSR count). The summed E-state index contributed by atoms with van der Waals surface area (Å²) in [6.45, 7) is 2.10. The summed E-state index contributed by atoms with van der Waals surface area (Å²) in [5, 5.41) is 6.00. The molecule has 1 aliphatic carbocycles. The average molecular weight is 321 g/mol. The van der Waals surface area contributed by atoms with E-state index < -0.39 is 0 Å². The number of carbonyl (C=O) groups is 1. The van der Waals surface area contributed by atoms with E-state index in [0.29, 0.717) is 11.4 Å². The Labute approximate surface area is 133 Å². The Balaban J connectivity index is 1.72. The molecule has 5 heteroatoms. The minimum absolute atomic E-state index is 0.00401. The van der Waals surface area contributed by atoms with Crippen LogP contribution in [-0.2, 0) is 5.88 Å². The Bertz CT molecular complexity index is 647. The molecule has 1 aromatic heterocycles. The number of halogens is 1. The topological polar surface area (TPSA) is 42.0 Å². The van der Waals surface area contributed by atoms with Crippen LogP contribution in [0, 0.1) is 0 Å². The average Bonchev–Trinajstić information content (AvgIpc) is 2.94. The van der Waals surface area contributed by atoms with Crippen molar-refractivity contribution in [2.75, 3.05) is 0 Å². The van der Waals surface area contributed by atoms with Gasteiger partial charge in [0.15, 0.2) is 0 Å². The van der Waals surface area contributed by atoms with E-state index >= 15 is 0 Å². The van der Waals surface area contributed by atoms with Crippen LogP contribution in [0.2, 0.25) is 0 Å². The summed E-state index contributed by atoms with van der Waals surface area (Å²) >= 11 is 7.33. The standard InChI is InChI=1S/C16H17ClN2OS/c1-16(7-2-8-16)19-14(20)11-3-5-12(6-4-11)15-18-13(9-17)10-21-15/h3-6,10H,2,7-9H2,1H3,(H,19,20). The monoisotopic (exact) mass is 320 g/mol. The van der Waals surface area contributed by atoms with Crippen molar-refractivity contribution in [3.63, 3.8) is 0 Å². The van der Waals surface area contributed by atoms with Gasteiger partial charge < -0.3 is 5.32 Å². The Morgan fingerprint density at radius 3 is 2.62 bits per heavy atom. The first kappa shape index (κ1) is 14.5. The molecule has 1 aromatic carbocycles. The van der Waals surface area contributed by atoms with Crippen molar-refractivity contribution in [3.05, 3.63) is 40.9 Å². The van der Waals surface area contributed by atoms with Gasteiger partial charge in [-0.05, 0) is 38.3 Å². The summed E-state index contributed by atoms with van der Waals surface area (Å²) < 4.78 is 0. The quantitative estimate of drug-likeness (QED) is 0.857. The molecule has 0 saturated heterocycles. The summed E-state index contributed by atoms with van der Waals surface area (Å²) in [5.74, 6) is 0.430. The number of carbonyl (C=O) groups excluding carboxylic acids is 1. The van der Waals surface area contributed by atoms with Gasteiger partial charge in [-0.3, -0.25) is 4.79 Å². The molecule has 1 heterocycles. The first-order valence-electron chi connectivity index (χ1n) is 7.03. The first-order valence-corrected chi connectivity index (χ1v) is 8.44. The third-order valence-corrected chi connectivity index (χ3v) is 5.17. The molecule has 1 saturated carbocycles. The van der Waals surface area contributed by atoms with Gasteiger partial charge in [-0.15, -0.1) is 22.9 Å². The van der Waals surface area contributed by atoms with Crippen LogP contribution in [0.1, 0.15) is 42.2 Å². The van der Waals surface area contributed by atoms with Crippen LogP contribution in [0.15, 0.2) is 29.6 Å². The third-order valence-electron chi connectivity index (χ3n) is 3.96. The highest BCUT2D eigenvalue weighted by Gasteiger charge is 2.33. The van der Waals surface area contributed by atoms with E-state index in [1.54, 1.807) is 11.3 Å². The van der Waals surface area contributed by atoms with Crippen molar-refractivity contribution in [3.8, 4) is 10.6 Å². The number of hydrogen-bond donors (Lipinski definition) is 1. The van der Waals surface area contributed by atoms with Crippen molar-refractivity contribution in [1.82, 2.24) is 10.3 Å².